The van der Waals surface area contributed by atoms with Gasteiger partial charge in [0.2, 0.25) is 0 Å². The number of aliphatic imine (C=N–C) groups is 1. The van der Waals surface area contributed by atoms with E-state index in [-0.39, 0.29) is 0 Å². The van der Waals surface area contributed by atoms with Crippen LogP contribution in [0.2, 0.25) is 10.0 Å². The van der Waals surface area contributed by atoms with Crippen LogP contribution in [0, 0.1) is 0 Å². The second kappa shape index (κ2) is 6.35. The lowest BCUT2D eigenvalue weighted by Gasteiger charge is -2.02. The van der Waals surface area contributed by atoms with E-state index in [2.05, 4.69) is 15.6 Å². The number of nitrogens with one attached hydrogen (secondary N) is 2. The zero-order valence-corrected chi connectivity index (χ0v) is 9.98. The quantitative estimate of drug-likeness (QED) is 0.811. The zero-order valence-electron chi connectivity index (χ0n) is 8.46. The number of hydrogen-bond acceptors (Lipinski definition) is 2. The molecular weight excluding hydrogens is 249 g/mol. The molecule has 1 heterocycles. The van der Waals surface area contributed by atoms with E-state index in [4.69, 9.17) is 28.0 Å². The lowest BCUT2D eigenvalue weighted by atomic mass is 10.3. The number of nitrogens with zero attached hydrogens (tertiary/aromatic N) is 1. The van der Waals surface area contributed by atoms with Gasteiger partial charge in [-0.1, -0.05) is 29.3 Å². The van der Waals surface area contributed by atoms with Crippen LogP contribution in [0.25, 0.3) is 0 Å². The number of para-hydroxylation sites is 1. The van der Waals surface area contributed by atoms with E-state index in [0.29, 0.717) is 15.7 Å². The molecule has 1 aliphatic heterocycles. The van der Waals surface area contributed by atoms with Crippen molar-refractivity contribution >= 4 is 41.6 Å². The Hall–Kier alpha value is -1.26. The van der Waals surface area contributed by atoms with Crippen molar-refractivity contribution in [2.24, 2.45) is 4.99 Å². The minimum absolute atomic E-state index is 0.556. The van der Waals surface area contributed by atoms with Crippen LogP contribution >= 0.6 is 23.2 Å². The largest absolute Gasteiger partial charge is 0.354 e. The van der Waals surface area contributed by atoms with Gasteiger partial charge in [0.15, 0.2) is 5.96 Å². The van der Waals surface area contributed by atoms with E-state index in [0.717, 1.165) is 19.0 Å². The lowest BCUT2D eigenvalue weighted by Crippen LogP contribution is -2.23. The van der Waals surface area contributed by atoms with Crippen molar-refractivity contribution in [3.8, 4) is 0 Å². The molecular formula is C10H11Cl2N3O. The Morgan fingerprint density at radius 2 is 1.62 bits per heavy atom. The summed E-state index contributed by atoms with van der Waals surface area (Å²) < 4.78 is 0. The highest BCUT2D eigenvalue weighted by Gasteiger charge is 2.08. The van der Waals surface area contributed by atoms with Crippen LogP contribution in [0.3, 0.4) is 0 Å². The van der Waals surface area contributed by atoms with Gasteiger partial charge >= 0.3 is 0 Å². The molecule has 0 atom stereocenters. The summed E-state index contributed by atoms with van der Waals surface area (Å²) in [6.07, 6.45) is 0. The Bertz CT molecular complexity index is 367. The minimum Gasteiger partial charge on any atom is -0.354 e. The lowest BCUT2D eigenvalue weighted by molar-refractivity contribution is -0.0979. The third-order valence-corrected chi connectivity index (χ3v) is 2.48. The van der Waals surface area contributed by atoms with Crippen LogP contribution in [0.15, 0.2) is 23.2 Å². The number of carbonyl (C=O) groups is 1. The fraction of sp³-hybridized carbons (Fsp3) is 0.200. The fourth-order valence-electron chi connectivity index (χ4n) is 1.21. The van der Waals surface area contributed by atoms with Crippen LogP contribution in [-0.2, 0) is 4.79 Å². The first-order valence-corrected chi connectivity index (χ1v) is 5.32. The van der Waals surface area contributed by atoms with Crippen molar-refractivity contribution in [1.82, 2.24) is 10.6 Å². The van der Waals surface area contributed by atoms with Crippen LogP contribution in [0.1, 0.15) is 0 Å². The van der Waals surface area contributed by atoms with Gasteiger partial charge in [-0.05, 0) is 12.1 Å². The zero-order chi connectivity index (χ0) is 12.0. The highest BCUT2D eigenvalue weighted by atomic mass is 35.5. The Labute approximate surface area is 104 Å². The first kappa shape index (κ1) is 12.8. The molecule has 1 aromatic carbocycles. The molecule has 1 aromatic rings. The Balaban J connectivity index is 0.000000606. The maximum absolute atomic E-state index is 8.00. The molecule has 0 amide bonds. The van der Waals surface area contributed by atoms with E-state index in [1.165, 1.54) is 0 Å². The number of benzene rings is 1. The smallest absolute Gasteiger partial charge is 0.196 e. The number of hydrogen-bond donors (Lipinski definition) is 2. The summed E-state index contributed by atoms with van der Waals surface area (Å²) in [5.41, 5.74) is 0.604. The van der Waals surface area contributed by atoms with Gasteiger partial charge < -0.3 is 15.4 Å². The molecule has 6 heteroatoms. The van der Waals surface area contributed by atoms with Crippen molar-refractivity contribution < 1.29 is 4.79 Å². The average Bonchev–Trinajstić information content (AvgIpc) is 2.79. The van der Waals surface area contributed by atoms with E-state index in [1.54, 1.807) is 18.2 Å². The fourth-order valence-corrected chi connectivity index (χ4v) is 1.69. The topological polar surface area (TPSA) is 53.5 Å². The summed E-state index contributed by atoms with van der Waals surface area (Å²) in [6.45, 7) is 3.75. The Morgan fingerprint density at radius 3 is 2.12 bits per heavy atom. The Morgan fingerprint density at radius 1 is 1.12 bits per heavy atom. The molecule has 2 rings (SSSR count). The van der Waals surface area contributed by atoms with Crippen LogP contribution < -0.4 is 10.6 Å². The van der Waals surface area contributed by atoms with Crippen LogP contribution in [-0.4, -0.2) is 25.8 Å². The molecule has 0 bridgehead atoms. The second-order valence-electron chi connectivity index (χ2n) is 2.88. The molecule has 86 valence electrons. The van der Waals surface area contributed by atoms with E-state index in [9.17, 15) is 0 Å². The molecule has 0 radical (unpaired) electrons. The van der Waals surface area contributed by atoms with E-state index < -0.39 is 0 Å². The van der Waals surface area contributed by atoms with Crippen LogP contribution in [0.5, 0.6) is 0 Å². The molecule has 0 unspecified atom stereocenters. The summed E-state index contributed by atoms with van der Waals surface area (Å²) in [6, 6.07) is 5.33. The number of guanidine groups is 1. The third-order valence-electron chi connectivity index (χ3n) is 1.87. The van der Waals surface area contributed by atoms with Crippen molar-refractivity contribution in [2.75, 3.05) is 13.1 Å². The van der Waals surface area contributed by atoms with Crippen LogP contribution in [0.4, 0.5) is 5.69 Å². The molecule has 4 nitrogen and oxygen atoms in total. The summed E-state index contributed by atoms with van der Waals surface area (Å²) in [4.78, 5) is 12.3. The van der Waals surface area contributed by atoms with Gasteiger partial charge in [0, 0.05) is 13.1 Å². The Kier molecular flexibility index (Phi) is 5.08. The van der Waals surface area contributed by atoms with Crippen molar-refractivity contribution in [2.45, 2.75) is 0 Å². The SMILES string of the molecule is C=O.Clc1cccc(Cl)c1N=C1NCCN1. The average molecular weight is 260 g/mol. The molecule has 16 heavy (non-hydrogen) atoms. The maximum Gasteiger partial charge on any atom is 0.196 e. The molecule has 0 aromatic heterocycles. The first-order valence-electron chi connectivity index (χ1n) is 4.56. The van der Waals surface area contributed by atoms with E-state index in [1.807, 2.05) is 6.79 Å². The van der Waals surface area contributed by atoms with Gasteiger partial charge in [-0.15, -0.1) is 0 Å². The number of carbonyl (C=O) groups excluding carboxylic acids is 1. The normalized spacial score (nSPS) is 13.2. The van der Waals surface area contributed by atoms with Gasteiger partial charge in [-0.2, -0.15) is 0 Å². The standard InChI is InChI=1S/C9H9Cl2N3.CH2O/c10-6-2-1-3-7(11)8(6)14-9-12-4-5-13-9;1-2/h1-3H,4-5H2,(H2,12,13,14);1H2. The maximum atomic E-state index is 8.00. The van der Waals surface area contributed by atoms with Crippen molar-refractivity contribution in [3.05, 3.63) is 28.2 Å². The third kappa shape index (κ3) is 3.12. The van der Waals surface area contributed by atoms with E-state index >= 15 is 0 Å². The van der Waals surface area contributed by atoms with Gasteiger partial charge in [0.25, 0.3) is 0 Å². The first-order chi connectivity index (χ1) is 7.77. The van der Waals surface area contributed by atoms with Crippen molar-refractivity contribution in [3.63, 3.8) is 0 Å². The molecule has 0 aliphatic carbocycles. The summed E-state index contributed by atoms with van der Waals surface area (Å²) in [5, 5.41) is 7.27. The predicted molar refractivity (Wildman–Crippen MR) is 66.7 cm³/mol. The number of halogens is 2. The van der Waals surface area contributed by atoms with Gasteiger partial charge in [0.1, 0.15) is 12.5 Å². The molecule has 1 fully saturated rings. The summed E-state index contributed by atoms with van der Waals surface area (Å²) >= 11 is 11.9. The van der Waals surface area contributed by atoms with Crippen molar-refractivity contribution in [1.29, 1.82) is 0 Å². The summed E-state index contributed by atoms with van der Waals surface area (Å²) in [5.74, 6) is 0.722. The predicted octanol–water partition coefficient (Wildman–Crippen LogP) is 1.99. The highest BCUT2D eigenvalue weighted by molar-refractivity contribution is 6.38. The molecule has 0 spiro atoms. The summed E-state index contributed by atoms with van der Waals surface area (Å²) in [7, 11) is 0. The van der Waals surface area contributed by atoms with Gasteiger partial charge in [0.05, 0.1) is 10.0 Å². The monoisotopic (exact) mass is 259 g/mol. The second-order valence-corrected chi connectivity index (χ2v) is 3.70. The van der Waals surface area contributed by atoms with Gasteiger partial charge in [-0.3, -0.25) is 0 Å². The van der Waals surface area contributed by atoms with Gasteiger partial charge in [-0.25, -0.2) is 4.99 Å². The molecule has 2 N–H and O–H groups in total. The molecule has 0 saturated carbocycles. The highest BCUT2D eigenvalue weighted by Crippen LogP contribution is 2.32. The minimum atomic E-state index is 0.556. The molecule has 1 saturated heterocycles. The number of rotatable bonds is 1. The molecule has 1 aliphatic rings.